The van der Waals surface area contributed by atoms with Gasteiger partial charge in [-0.25, -0.2) is 5.43 Å². The van der Waals surface area contributed by atoms with Gasteiger partial charge in [-0.15, -0.1) is 0 Å². The number of nitrogens with zero attached hydrogens (tertiary/aromatic N) is 2. The molecule has 20 heavy (non-hydrogen) atoms. The van der Waals surface area contributed by atoms with Gasteiger partial charge in [0, 0.05) is 10.7 Å². The molecule has 0 spiro atoms. The first-order valence-electron chi connectivity index (χ1n) is 5.82. The van der Waals surface area contributed by atoms with Gasteiger partial charge in [-0.2, -0.15) is 5.10 Å². The summed E-state index contributed by atoms with van der Waals surface area (Å²) in [5, 5.41) is 13.6. The SMILES string of the molecule is CC(=NNC(=O)c1cc(Br)ccc1O)c1ccccn1. The number of phenolic OH excluding ortho intramolecular Hbond substituents is 1. The van der Waals surface area contributed by atoms with Crippen LogP contribution in [0.1, 0.15) is 23.0 Å². The van der Waals surface area contributed by atoms with E-state index in [9.17, 15) is 9.90 Å². The lowest BCUT2D eigenvalue weighted by Gasteiger charge is -2.05. The molecule has 1 amide bonds. The summed E-state index contributed by atoms with van der Waals surface area (Å²) in [6.07, 6.45) is 1.65. The summed E-state index contributed by atoms with van der Waals surface area (Å²) >= 11 is 3.24. The molecule has 0 aliphatic heterocycles. The third kappa shape index (κ3) is 3.42. The molecule has 0 atom stereocenters. The summed E-state index contributed by atoms with van der Waals surface area (Å²) in [6.45, 7) is 1.74. The molecule has 0 radical (unpaired) electrons. The molecule has 5 nitrogen and oxygen atoms in total. The highest BCUT2D eigenvalue weighted by Gasteiger charge is 2.11. The number of amides is 1. The van der Waals surface area contributed by atoms with Crippen LogP contribution in [0.25, 0.3) is 0 Å². The molecule has 0 aliphatic carbocycles. The van der Waals surface area contributed by atoms with Gasteiger partial charge in [-0.1, -0.05) is 22.0 Å². The van der Waals surface area contributed by atoms with Crippen LogP contribution in [0.15, 0.2) is 52.2 Å². The van der Waals surface area contributed by atoms with E-state index in [-0.39, 0.29) is 11.3 Å². The van der Waals surface area contributed by atoms with Crippen LogP contribution in [-0.2, 0) is 0 Å². The number of halogens is 1. The smallest absolute Gasteiger partial charge is 0.275 e. The topological polar surface area (TPSA) is 74.6 Å². The zero-order chi connectivity index (χ0) is 14.5. The van der Waals surface area contributed by atoms with E-state index in [0.29, 0.717) is 15.9 Å². The van der Waals surface area contributed by atoms with Crippen molar-refractivity contribution >= 4 is 27.5 Å². The number of benzene rings is 1. The molecular weight excluding hydrogens is 322 g/mol. The predicted molar refractivity (Wildman–Crippen MR) is 79.7 cm³/mol. The molecule has 0 bridgehead atoms. The predicted octanol–water partition coefficient (Wildman–Crippen LogP) is 2.70. The number of phenols is 1. The van der Waals surface area contributed by atoms with Gasteiger partial charge in [-0.3, -0.25) is 9.78 Å². The van der Waals surface area contributed by atoms with E-state index in [1.165, 1.54) is 12.1 Å². The van der Waals surface area contributed by atoms with Crippen LogP contribution in [0.3, 0.4) is 0 Å². The lowest BCUT2D eigenvalue weighted by atomic mass is 10.2. The Bertz CT molecular complexity index is 657. The summed E-state index contributed by atoms with van der Waals surface area (Å²) in [7, 11) is 0. The standard InChI is InChI=1S/C14H12BrN3O2/c1-9(12-4-2-3-7-16-12)17-18-14(20)11-8-10(15)5-6-13(11)19/h2-8,19H,1H3,(H,18,20). The van der Waals surface area contributed by atoms with Crippen LogP contribution in [0.4, 0.5) is 0 Å². The number of carbonyl (C=O) groups is 1. The van der Waals surface area contributed by atoms with E-state index in [1.807, 2.05) is 6.07 Å². The molecule has 1 aromatic carbocycles. The zero-order valence-corrected chi connectivity index (χ0v) is 12.3. The number of hydrazone groups is 1. The molecule has 1 heterocycles. The van der Waals surface area contributed by atoms with Crippen LogP contribution >= 0.6 is 15.9 Å². The summed E-state index contributed by atoms with van der Waals surface area (Å²) in [5.41, 5.74) is 3.79. The number of hydrogen-bond donors (Lipinski definition) is 2. The second-order valence-corrected chi connectivity index (χ2v) is 4.93. The highest BCUT2D eigenvalue weighted by atomic mass is 79.9. The number of hydrogen-bond acceptors (Lipinski definition) is 4. The number of aromatic hydroxyl groups is 1. The van der Waals surface area contributed by atoms with Gasteiger partial charge in [0.05, 0.1) is 17.0 Å². The fraction of sp³-hybridized carbons (Fsp3) is 0.0714. The van der Waals surface area contributed by atoms with E-state index >= 15 is 0 Å². The molecule has 2 rings (SSSR count). The lowest BCUT2D eigenvalue weighted by Crippen LogP contribution is -2.19. The largest absolute Gasteiger partial charge is 0.507 e. The minimum atomic E-state index is -0.487. The van der Waals surface area contributed by atoms with Crippen molar-refractivity contribution in [3.05, 3.63) is 58.3 Å². The highest BCUT2D eigenvalue weighted by Crippen LogP contribution is 2.21. The average molecular weight is 334 g/mol. The van der Waals surface area contributed by atoms with Crippen LogP contribution in [0.5, 0.6) is 5.75 Å². The van der Waals surface area contributed by atoms with Gasteiger partial charge in [0.15, 0.2) is 0 Å². The first-order valence-corrected chi connectivity index (χ1v) is 6.62. The number of nitrogens with one attached hydrogen (secondary N) is 1. The van der Waals surface area contributed by atoms with Gasteiger partial charge in [0.2, 0.25) is 0 Å². The maximum absolute atomic E-state index is 11.9. The van der Waals surface area contributed by atoms with Crippen molar-refractivity contribution in [2.75, 3.05) is 0 Å². The van der Waals surface area contributed by atoms with Gasteiger partial charge in [0.25, 0.3) is 5.91 Å². The van der Waals surface area contributed by atoms with Crippen LogP contribution in [0, 0.1) is 0 Å². The Balaban J connectivity index is 2.14. The molecule has 0 aliphatic rings. The molecule has 0 saturated carbocycles. The quantitative estimate of drug-likeness (QED) is 0.669. The molecule has 0 saturated heterocycles. The highest BCUT2D eigenvalue weighted by molar-refractivity contribution is 9.10. The van der Waals surface area contributed by atoms with Crippen molar-refractivity contribution in [2.45, 2.75) is 6.92 Å². The van der Waals surface area contributed by atoms with Gasteiger partial charge in [0.1, 0.15) is 5.75 Å². The van der Waals surface area contributed by atoms with E-state index in [4.69, 9.17) is 0 Å². The molecular formula is C14H12BrN3O2. The number of rotatable bonds is 3. The molecule has 6 heteroatoms. The summed E-state index contributed by atoms with van der Waals surface area (Å²) in [5.74, 6) is -0.588. The Kier molecular flexibility index (Phi) is 4.47. The third-order valence-corrected chi connectivity index (χ3v) is 3.06. The Morgan fingerprint density at radius 3 is 2.85 bits per heavy atom. The molecule has 2 N–H and O–H groups in total. The van der Waals surface area contributed by atoms with Crippen molar-refractivity contribution < 1.29 is 9.90 Å². The van der Waals surface area contributed by atoms with E-state index in [1.54, 1.807) is 31.3 Å². The number of pyridine rings is 1. The van der Waals surface area contributed by atoms with Crippen LogP contribution in [0.2, 0.25) is 0 Å². The maximum atomic E-state index is 11.9. The molecule has 102 valence electrons. The van der Waals surface area contributed by atoms with Gasteiger partial charge >= 0.3 is 0 Å². The van der Waals surface area contributed by atoms with Crippen molar-refractivity contribution in [2.24, 2.45) is 5.10 Å². The monoisotopic (exact) mass is 333 g/mol. The second-order valence-electron chi connectivity index (χ2n) is 4.01. The first-order chi connectivity index (χ1) is 9.58. The van der Waals surface area contributed by atoms with Gasteiger partial charge in [-0.05, 0) is 37.3 Å². The Hall–Kier alpha value is -2.21. The second kappa shape index (κ2) is 6.29. The van der Waals surface area contributed by atoms with Gasteiger partial charge < -0.3 is 5.11 Å². The lowest BCUT2D eigenvalue weighted by molar-refractivity contribution is 0.0952. The summed E-state index contributed by atoms with van der Waals surface area (Å²) < 4.78 is 0.700. The molecule has 1 aromatic heterocycles. The fourth-order valence-corrected chi connectivity index (χ4v) is 1.88. The normalized spacial score (nSPS) is 11.2. The molecule has 2 aromatic rings. The molecule has 0 fully saturated rings. The summed E-state index contributed by atoms with van der Waals surface area (Å²) in [6, 6.07) is 10.0. The Morgan fingerprint density at radius 1 is 1.35 bits per heavy atom. The van der Waals surface area contributed by atoms with E-state index < -0.39 is 5.91 Å². The van der Waals surface area contributed by atoms with Crippen molar-refractivity contribution in [1.29, 1.82) is 0 Å². The Morgan fingerprint density at radius 2 is 2.15 bits per heavy atom. The fourth-order valence-electron chi connectivity index (χ4n) is 1.52. The Labute approximate surface area is 124 Å². The van der Waals surface area contributed by atoms with Crippen molar-refractivity contribution in [1.82, 2.24) is 10.4 Å². The van der Waals surface area contributed by atoms with Crippen molar-refractivity contribution in [3.8, 4) is 5.75 Å². The molecule has 0 unspecified atom stereocenters. The third-order valence-electron chi connectivity index (χ3n) is 2.56. The van der Waals surface area contributed by atoms with E-state index in [0.717, 1.165) is 0 Å². The maximum Gasteiger partial charge on any atom is 0.275 e. The van der Waals surface area contributed by atoms with Crippen LogP contribution in [-0.4, -0.2) is 21.7 Å². The summed E-state index contributed by atoms with van der Waals surface area (Å²) in [4.78, 5) is 16.1. The minimum Gasteiger partial charge on any atom is -0.507 e. The zero-order valence-electron chi connectivity index (χ0n) is 10.7. The number of aromatic nitrogens is 1. The minimum absolute atomic E-state index is 0.101. The van der Waals surface area contributed by atoms with E-state index in [2.05, 4.69) is 31.4 Å². The average Bonchev–Trinajstić information content (AvgIpc) is 2.47. The van der Waals surface area contributed by atoms with Crippen LogP contribution < -0.4 is 5.43 Å². The van der Waals surface area contributed by atoms with Crippen molar-refractivity contribution in [3.63, 3.8) is 0 Å². The first kappa shape index (κ1) is 14.2. The number of carbonyl (C=O) groups excluding carboxylic acids is 1.